The van der Waals surface area contributed by atoms with Gasteiger partial charge in [-0.05, 0) is 30.2 Å². The van der Waals surface area contributed by atoms with Crippen LogP contribution in [0.15, 0.2) is 71.0 Å². The smallest absolute Gasteiger partial charge is 0.248 e. The SMILES string of the molecule is CC1=C(C(N)=O)[C@@H](c2ccc(F)cc2)n2nc(SCc3ccccc3)nc2N1. The van der Waals surface area contributed by atoms with Crippen molar-refractivity contribution in [1.29, 1.82) is 0 Å². The van der Waals surface area contributed by atoms with Crippen molar-refractivity contribution < 1.29 is 9.18 Å². The van der Waals surface area contributed by atoms with E-state index in [0.29, 0.717) is 27.9 Å². The van der Waals surface area contributed by atoms with Gasteiger partial charge in [-0.1, -0.05) is 54.2 Å². The summed E-state index contributed by atoms with van der Waals surface area (Å²) in [5.74, 6) is 0.337. The van der Waals surface area contributed by atoms with Crippen LogP contribution in [0.2, 0.25) is 0 Å². The number of halogens is 1. The molecule has 0 saturated carbocycles. The lowest BCUT2D eigenvalue weighted by atomic mass is 9.95. The van der Waals surface area contributed by atoms with Crippen molar-refractivity contribution in [2.75, 3.05) is 5.32 Å². The number of carbonyl (C=O) groups excluding carboxylic acids is 1. The zero-order chi connectivity index (χ0) is 19.7. The van der Waals surface area contributed by atoms with Gasteiger partial charge in [-0.25, -0.2) is 9.07 Å². The van der Waals surface area contributed by atoms with E-state index in [2.05, 4.69) is 15.4 Å². The van der Waals surface area contributed by atoms with Crippen molar-refractivity contribution in [3.63, 3.8) is 0 Å². The van der Waals surface area contributed by atoms with Gasteiger partial charge >= 0.3 is 0 Å². The molecule has 0 fully saturated rings. The molecule has 0 bridgehead atoms. The van der Waals surface area contributed by atoms with Gasteiger partial charge in [0.05, 0.1) is 5.57 Å². The van der Waals surface area contributed by atoms with Gasteiger partial charge in [-0.3, -0.25) is 4.79 Å². The van der Waals surface area contributed by atoms with Crippen molar-refractivity contribution in [1.82, 2.24) is 14.8 Å². The molecule has 3 aromatic rings. The minimum Gasteiger partial charge on any atom is -0.366 e. The molecule has 0 aliphatic carbocycles. The summed E-state index contributed by atoms with van der Waals surface area (Å²) in [6.45, 7) is 1.77. The highest BCUT2D eigenvalue weighted by molar-refractivity contribution is 7.98. The number of fused-ring (bicyclic) bond motifs is 1. The summed E-state index contributed by atoms with van der Waals surface area (Å²) < 4.78 is 15.0. The van der Waals surface area contributed by atoms with Crippen molar-refractivity contribution in [2.45, 2.75) is 23.9 Å². The average molecular weight is 395 g/mol. The zero-order valence-electron chi connectivity index (χ0n) is 15.1. The topological polar surface area (TPSA) is 85.8 Å². The number of aromatic nitrogens is 3. The highest BCUT2D eigenvalue weighted by atomic mass is 32.2. The third-order valence-corrected chi connectivity index (χ3v) is 5.40. The number of nitrogens with zero attached hydrogens (tertiary/aromatic N) is 3. The molecule has 3 N–H and O–H groups in total. The van der Waals surface area contributed by atoms with Crippen molar-refractivity contribution in [3.05, 3.63) is 82.8 Å². The van der Waals surface area contributed by atoms with Gasteiger partial charge in [-0.15, -0.1) is 5.10 Å². The Morgan fingerprint density at radius 1 is 1.21 bits per heavy atom. The number of nitrogens with two attached hydrogens (primary N) is 1. The van der Waals surface area contributed by atoms with E-state index in [1.807, 2.05) is 30.3 Å². The van der Waals surface area contributed by atoms with Crippen LogP contribution in [0.1, 0.15) is 24.1 Å². The van der Waals surface area contributed by atoms with Crippen LogP contribution in [0.4, 0.5) is 10.3 Å². The fourth-order valence-corrected chi connectivity index (χ4v) is 3.97. The van der Waals surface area contributed by atoms with Gasteiger partial charge in [0.2, 0.25) is 17.0 Å². The lowest BCUT2D eigenvalue weighted by molar-refractivity contribution is -0.115. The molecule has 4 rings (SSSR count). The molecule has 0 unspecified atom stereocenters. The molecular formula is C20H18FN5OS. The normalized spacial score (nSPS) is 15.9. The van der Waals surface area contributed by atoms with Crippen LogP contribution in [0, 0.1) is 5.82 Å². The molecule has 0 spiro atoms. The van der Waals surface area contributed by atoms with E-state index in [0.717, 1.165) is 11.3 Å². The van der Waals surface area contributed by atoms with Crippen molar-refractivity contribution in [3.8, 4) is 0 Å². The molecule has 1 aliphatic rings. The van der Waals surface area contributed by atoms with Crippen molar-refractivity contribution >= 4 is 23.6 Å². The quantitative estimate of drug-likeness (QED) is 0.646. The largest absolute Gasteiger partial charge is 0.366 e. The molecule has 142 valence electrons. The number of rotatable bonds is 5. The fourth-order valence-electron chi connectivity index (χ4n) is 3.19. The third kappa shape index (κ3) is 3.50. The molecule has 2 aromatic carbocycles. The van der Waals surface area contributed by atoms with E-state index in [9.17, 15) is 9.18 Å². The lowest BCUT2D eigenvalue weighted by Crippen LogP contribution is -2.31. The monoisotopic (exact) mass is 395 g/mol. The Morgan fingerprint density at radius 2 is 1.93 bits per heavy atom. The molecule has 1 aliphatic heterocycles. The van der Waals surface area contributed by atoms with E-state index in [-0.39, 0.29) is 5.82 Å². The number of nitrogens with one attached hydrogen (secondary N) is 1. The summed E-state index contributed by atoms with van der Waals surface area (Å²) in [6, 6.07) is 15.4. The Hall–Kier alpha value is -3.13. The summed E-state index contributed by atoms with van der Waals surface area (Å²) in [7, 11) is 0. The van der Waals surface area contributed by atoms with Gasteiger partial charge in [0.25, 0.3) is 0 Å². The van der Waals surface area contributed by atoms with E-state index >= 15 is 0 Å². The molecule has 0 radical (unpaired) electrons. The summed E-state index contributed by atoms with van der Waals surface area (Å²) in [4.78, 5) is 16.7. The Balaban J connectivity index is 1.69. The number of allylic oxidation sites excluding steroid dienone is 1. The van der Waals surface area contributed by atoms with Gasteiger partial charge in [0.15, 0.2) is 0 Å². The molecule has 1 atom stereocenters. The number of primary amides is 1. The Labute approximate surface area is 165 Å². The first-order valence-electron chi connectivity index (χ1n) is 8.69. The van der Waals surface area contributed by atoms with Crippen LogP contribution in [-0.2, 0) is 10.5 Å². The first-order valence-corrected chi connectivity index (χ1v) is 9.68. The van der Waals surface area contributed by atoms with Gasteiger partial charge in [-0.2, -0.15) is 4.98 Å². The Bertz CT molecular complexity index is 1050. The van der Waals surface area contributed by atoms with Crippen LogP contribution < -0.4 is 11.1 Å². The fraction of sp³-hybridized carbons (Fsp3) is 0.150. The molecule has 0 saturated heterocycles. The highest BCUT2D eigenvalue weighted by Gasteiger charge is 2.33. The maximum atomic E-state index is 13.4. The van der Waals surface area contributed by atoms with Crippen LogP contribution in [0.3, 0.4) is 0 Å². The number of amides is 1. The summed E-state index contributed by atoms with van der Waals surface area (Å²) in [5, 5.41) is 8.27. The second kappa shape index (κ2) is 7.47. The molecule has 1 aromatic heterocycles. The highest BCUT2D eigenvalue weighted by Crippen LogP contribution is 2.36. The molecule has 1 amide bonds. The molecule has 8 heteroatoms. The van der Waals surface area contributed by atoms with E-state index in [4.69, 9.17) is 5.73 Å². The number of hydrogen-bond acceptors (Lipinski definition) is 5. The predicted octanol–water partition coefficient (Wildman–Crippen LogP) is 3.48. The predicted molar refractivity (Wildman–Crippen MR) is 106 cm³/mol. The summed E-state index contributed by atoms with van der Waals surface area (Å²) >= 11 is 1.50. The second-order valence-corrected chi connectivity index (χ2v) is 7.36. The summed E-state index contributed by atoms with van der Waals surface area (Å²) in [5.41, 5.74) is 8.50. The standard InChI is InChI=1S/C20H18FN5OS/c1-12-16(18(22)27)17(14-7-9-15(21)10-8-14)26-19(23-12)24-20(25-26)28-11-13-5-3-2-4-6-13/h2-10,17H,11H2,1H3,(H2,22,27)(H,23,24,25)/t17-/m1/s1. The number of carbonyl (C=O) groups is 1. The molecule has 2 heterocycles. The minimum absolute atomic E-state index is 0.350. The number of anilines is 1. The maximum absolute atomic E-state index is 13.4. The lowest BCUT2D eigenvalue weighted by Gasteiger charge is -2.27. The van der Waals surface area contributed by atoms with Gasteiger partial charge in [0.1, 0.15) is 11.9 Å². The van der Waals surface area contributed by atoms with Gasteiger partial charge in [0, 0.05) is 11.4 Å². The van der Waals surface area contributed by atoms with Crippen LogP contribution in [-0.4, -0.2) is 20.7 Å². The van der Waals surface area contributed by atoms with Gasteiger partial charge < -0.3 is 11.1 Å². The molecular weight excluding hydrogens is 377 g/mol. The average Bonchev–Trinajstić information content (AvgIpc) is 3.09. The first-order chi connectivity index (χ1) is 13.5. The van der Waals surface area contributed by atoms with E-state index < -0.39 is 11.9 Å². The molecule has 28 heavy (non-hydrogen) atoms. The van der Waals surface area contributed by atoms with E-state index in [1.165, 1.54) is 23.9 Å². The van der Waals surface area contributed by atoms with Crippen LogP contribution >= 0.6 is 11.8 Å². The Kier molecular flexibility index (Phi) is 4.87. The second-order valence-electron chi connectivity index (χ2n) is 6.42. The third-order valence-electron chi connectivity index (χ3n) is 4.50. The molecule has 6 nitrogen and oxygen atoms in total. The first kappa shape index (κ1) is 18.2. The number of thioether (sulfide) groups is 1. The van der Waals surface area contributed by atoms with Crippen LogP contribution in [0.5, 0.6) is 0 Å². The Morgan fingerprint density at radius 3 is 2.61 bits per heavy atom. The minimum atomic E-state index is -0.562. The van der Waals surface area contributed by atoms with Crippen LogP contribution in [0.25, 0.3) is 0 Å². The van der Waals surface area contributed by atoms with E-state index in [1.54, 1.807) is 23.7 Å². The van der Waals surface area contributed by atoms with Crippen molar-refractivity contribution in [2.24, 2.45) is 5.73 Å². The maximum Gasteiger partial charge on any atom is 0.248 e. The number of benzene rings is 2. The zero-order valence-corrected chi connectivity index (χ0v) is 15.9. The summed E-state index contributed by atoms with van der Waals surface area (Å²) in [6.07, 6.45) is 0. The number of hydrogen-bond donors (Lipinski definition) is 2.